The van der Waals surface area contributed by atoms with Gasteiger partial charge in [0.05, 0.1) is 0 Å². The average Bonchev–Trinajstić information content (AvgIpc) is 3.12. The van der Waals surface area contributed by atoms with Crippen molar-refractivity contribution in [2.45, 2.75) is 23.1 Å². The topological polar surface area (TPSA) is 116 Å². The highest BCUT2D eigenvalue weighted by atomic mass is 32.2. The van der Waals surface area contributed by atoms with Crippen molar-refractivity contribution in [2.75, 3.05) is 13.1 Å². The van der Waals surface area contributed by atoms with Gasteiger partial charge in [0.15, 0.2) is 0 Å². The van der Waals surface area contributed by atoms with Gasteiger partial charge in [-0.3, -0.25) is 4.79 Å². The molecular weight excluding hydrogens is 376 g/mol. The molecule has 2 heterocycles. The molecule has 0 aliphatic carbocycles. The fraction of sp³-hybridized carbons (Fsp3) is 0.353. The lowest BCUT2D eigenvalue weighted by molar-refractivity contribution is -0.140. The first kappa shape index (κ1) is 18.8. The molecule has 7 nitrogen and oxygen atoms in total. The van der Waals surface area contributed by atoms with Crippen molar-refractivity contribution >= 4 is 27.3 Å². The minimum atomic E-state index is -3.93. The first-order chi connectivity index (χ1) is 12.4. The van der Waals surface area contributed by atoms with E-state index in [9.17, 15) is 23.4 Å². The monoisotopic (exact) mass is 396 g/mol. The Morgan fingerprint density at radius 1 is 1.15 bits per heavy atom. The molecule has 140 valence electrons. The number of hydrogen-bond acceptors (Lipinski definition) is 6. The van der Waals surface area contributed by atoms with E-state index < -0.39 is 22.0 Å². The molecule has 1 fully saturated rings. The molecule has 26 heavy (non-hydrogen) atoms. The maximum absolute atomic E-state index is 12.7. The molecule has 1 aromatic heterocycles. The minimum Gasteiger partial charge on any atom is -0.508 e. The van der Waals surface area contributed by atoms with Gasteiger partial charge >= 0.3 is 5.97 Å². The number of carboxylic acids is 1. The Balaban J connectivity index is 1.80. The van der Waals surface area contributed by atoms with Gasteiger partial charge in [-0.15, -0.1) is 11.3 Å². The third-order valence-corrected chi connectivity index (χ3v) is 7.47. The molecule has 2 aromatic rings. The van der Waals surface area contributed by atoms with Gasteiger partial charge < -0.3 is 15.5 Å². The van der Waals surface area contributed by atoms with Gasteiger partial charge in [0.2, 0.25) is 0 Å². The van der Waals surface area contributed by atoms with Crippen molar-refractivity contribution in [3.05, 3.63) is 36.4 Å². The third-order valence-electron chi connectivity index (χ3n) is 4.40. The molecular formula is C17H20N2O5S2. The number of benzene rings is 1. The Hall–Kier alpha value is -1.94. The van der Waals surface area contributed by atoms with Crippen LogP contribution in [0.15, 0.2) is 40.6 Å². The molecule has 0 saturated carbocycles. The number of aromatic hydroxyl groups is 1. The number of piperidine rings is 1. The van der Waals surface area contributed by atoms with E-state index in [1.807, 2.05) is 0 Å². The van der Waals surface area contributed by atoms with Crippen LogP contribution in [0.4, 0.5) is 0 Å². The van der Waals surface area contributed by atoms with Crippen LogP contribution >= 0.6 is 11.3 Å². The summed E-state index contributed by atoms with van der Waals surface area (Å²) in [7, 11) is -3.93. The van der Waals surface area contributed by atoms with Crippen LogP contribution in [0.1, 0.15) is 12.8 Å². The first-order valence-electron chi connectivity index (χ1n) is 8.22. The second-order valence-corrected chi connectivity index (χ2v) is 9.21. The maximum atomic E-state index is 12.7. The molecule has 0 spiro atoms. The molecule has 9 heteroatoms. The van der Waals surface area contributed by atoms with Gasteiger partial charge in [0.25, 0.3) is 10.0 Å². The van der Waals surface area contributed by atoms with E-state index in [1.165, 1.54) is 18.2 Å². The predicted molar refractivity (Wildman–Crippen MR) is 98.8 cm³/mol. The number of carboxylic acid groups (broad SMARTS) is 1. The van der Waals surface area contributed by atoms with Crippen LogP contribution in [0.3, 0.4) is 0 Å². The highest BCUT2D eigenvalue weighted by Crippen LogP contribution is 2.32. The molecule has 0 bridgehead atoms. The molecule has 0 unspecified atom stereocenters. The van der Waals surface area contributed by atoms with E-state index in [0.717, 1.165) is 21.8 Å². The molecule has 1 aliphatic heterocycles. The first-order valence-corrected chi connectivity index (χ1v) is 10.5. The van der Waals surface area contributed by atoms with Crippen molar-refractivity contribution in [2.24, 2.45) is 5.92 Å². The zero-order chi connectivity index (χ0) is 18.7. The third kappa shape index (κ3) is 4.24. The van der Waals surface area contributed by atoms with Crippen LogP contribution in [0.5, 0.6) is 5.75 Å². The van der Waals surface area contributed by atoms with Gasteiger partial charge in [0, 0.05) is 4.88 Å². The summed E-state index contributed by atoms with van der Waals surface area (Å²) >= 11 is 1.06. The summed E-state index contributed by atoms with van der Waals surface area (Å²) in [5.41, 5.74) is 0.780. The zero-order valence-corrected chi connectivity index (χ0v) is 15.5. The lowest BCUT2D eigenvalue weighted by atomic mass is 9.91. The van der Waals surface area contributed by atoms with Gasteiger partial charge in [0.1, 0.15) is 16.0 Å². The van der Waals surface area contributed by atoms with Crippen molar-refractivity contribution < 1.29 is 23.4 Å². The van der Waals surface area contributed by atoms with Crippen LogP contribution in [0.2, 0.25) is 0 Å². The van der Waals surface area contributed by atoms with Crippen LogP contribution in [0.25, 0.3) is 10.4 Å². The van der Waals surface area contributed by atoms with Crippen molar-refractivity contribution in [3.8, 4) is 16.2 Å². The fourth-order valence-corrected chi connectivity index (χ4v) is 5.58. The van der Waals surface area contributed by atoms with Crippen molar-refractivity contribution in [3.63, 3.8) is 0 Å². The van der Waals surface area contributed by atoms with E-state index in [4.69, 9.17) is 0 Å². The van der Waals surface area contributed by atoms with Gasteiger partial charge in [-0.05, 0) is 73.8 Å². The number of phenols is 1. The average molecular weight is 396 g/mol. The highest BCUT2D eigenvalue weighted by molar-refractivity contribution is 7.91. The molecule has 1 aromatic carbocycles. The zero-order valence-electron chi connectivity index (χ0n) is 13.9. The van der Waals surface area contributed by atoms with Crippen LogP contribution < -0.4 is 10.0 Å². The number of hydrogen-bond donors (Lipinski definition) is 4. The number of nitrogens with one attached hydrogen (secondary N) is 2. The van der Waals surface area contributed by atoms with Crippen molar-refractivity contribution in [1.29, 1.82) is 0 Å². The predicted octanol–water partition coefficient (Wildman–Crippen LogP) is 1.85. The summed E-state index contributed by atoms with van der Waals surface area (Å²) in [6, 6.07) is 8.45. The number of sulfonamides is 1. The number of aliphatic carboxylic acids is 1. The van der Waals surface area contributed by atoms with Crippen LogP contribution in [-0.2, 0) is 14.8 Å². The summed E-state index contributed by atoms with van der Waals surface area (Å²) in [5, 5.41) is 22.0. The number of phenolic OH excluding ortho intramolecular Hbond substituents is 1. The summed E-state index contributed by atoms with van der Waals surface area (Å²) in [6.45, 7) is 1.36. The Labute approximate surface area is 155 Å². The van der Waals surface area contributed by atoms with Gasteiger partial charge in [-0.25, -0.2) is 8.42 Å². The Bertz CT molecular complexity index is 871. The SMILES string of the molecule is O=C(O)[C@H](NS(=O)(=O)c1ccc(-c2ccc(O)cc2)s1)C1CCNCC1. The summed E-state index contributed by atoms with van der Waals surface area (Å²) in [4.78, 5) is 12.3. The lowest BCUT2D eigenvalue weighted by Gasteiger charge is -2.28. The van der Waals surface area contributed by atoms with Gasteiger partial charge in [-0.2, -0.15) is 4.72 Å². The normalized spacial score (nSPS) is 17.1. The summed E-state index contributed by atoms with van der Waals surface area (Å²) in [6.07, 6.45) is 1.23. The Morgan fingerprint density at radius 3 is 2.42 bits per heavy atom. The fourth-order valence-electron chi connectivity index (χ4n) is 3.00. The largest absolute Gasteiger partial charge is 0.508 e. The standard InChI is InChI=1S/C17H20N2O5S2/c20-13-3-1-11(2-4-13)14-5-6-15(25-14)26(23,24)19-16(17(21)22)12-7-9-18-10-8-12/h1-6,12,16,18-20H,7-10H2,(H,21,22)/t16-/m1/s1. The molecule has 0 amide bonds. The minimum absolute atomic E-state index is 0.0701. The quantitative estimate of drug-likeness (QED) is 0.592. The lowest BCUT2D eigenvalue weighted by Crippen LogP contribution is -2.48. The molecule has 3 rings (SSSR count). The van der Waals surface area contributed by atoms with Crippen LogP contribution in [-0.4, -0.2) is 43.7 Å². The van der Waals surface area contributed by atoms with E-state index in [2.05, 4.69) is 10.0 Å². The molecule has 1 aliphatic rings. The van der Waals surface area contributed by atoms with E-state index in [0.29, 0.717) is 25.9 Å². The summed E-state index contributed by atoms with van der Waals surface area (Å²) < 4.78 is 27.8. The summed E-state index contributed by atoms with van der Waals surface area (Å²) in [5.74, 6) is -1.26. The molecule has 1 saturated heterocycles. The highest BCUT2D eigenvalue weighted by Gasteiger charge is 2.34. The van der Waals surface area contributed by atoms with Crippen LogP contribution in [0, 0.1) is 5.92 Å². The van der Waals surface area contributed by atoms with E-state index in [-0.39, 0.29) is 15.9 Å². The molecule has 1 atom stereocenters. The molecule has 0 radical (unpaired) electrons. The Kier molecular flexibility index (Phi) is 5.61. The maximum Gasteiger partial charge on any atom is 0.322 e. The second-order valence-electron chi connectivity index (χ2n) is 6.19. The van der Waals surface area contributed by atoms with E-state index in [1.54, 1.807) is 18.2 Å². The number of rotatable bonds is 6. The van der Waals surface area contributed by atoms with Crippen molar-refractivity contribution in [1.82, 2.24) is 10.0 Å². The number of thiophene rings is 1. The smallest absolute Gasteiger partial charge is 0.322 e. The van der Waals surface area contributed by atoms with Gasteiger partial charge in [-0.1, -0.05) is 0 Å². The Morgan fingerprint density at radius 2 is 1.81 bits per heavy atom. The number of carbonyl (C=O) groups is 1. The second kappa shape index (κ2) is 7.75. The van der Waals surface area contributed by atoms with E-state index >= 15 is 0 Å². The molecule has 4 N–H and O–H groups in total.